The number of aryl methyl sites for hydroxylation is 1. The van der Waals surface area contributed by atoms with Crippen LogP contribution in [0.15, 0.2) is 54.9 Å². The van der Waals surface area contributed by atoms with Crippen molar-refractivity contribution in [1.29, 1.82) is 0 Å². The summed E-state index contributed by atoms with van der Waals surface area (Å²) in [5.41, 5.74) is 0.506. The number of anilines is 2. The van der Waals surface area contributed by atoms with E-state index in [-0.39, 0.29) is 18.1 Å². The number of rotatable bonds is 10. The molecule has 0 amide bonds. The molecule has 1 aliphatic rings. The van der Waals surface area contributed by atoms with Crippen molar-refractivity contribution in [1.82, 2.24) is 19.4 Å². The Morgan fingerprint density at radius 1 is 0.851 bits per heavy atom. The van der Waals surface area contributed by atoms with Gasteiger partial charge in [0.15, 0.2) is 0 Å². The predicted octanol–water partition coefficient (Wildman–Crippen LogP) is 11.1. The maximum atomic E-state index is 13.3. The monoisotopic (exact) mass is 661 g/mol. The molecule has 0 bridgehead atoms. The van der Waals surface area contributed by atoms with Crippen LogP contribution in [0.5, 0.6) is 0 Å². The zero-order chi connectivity index (χ0) is 34.2. The molecule has 0 saturated heterocycles. The zero-order valence-electron chi connectivity index (χ0n) is 27.6. The van der Waals surface area contributed by atoms with Crippen molar-refractivity contribution in [2.75, 3.05) is 25.0 Å². The van der Waals surface area contributed by atoms with Crippen LogP contribution in [-0.2, 0) is 18.8 Å². The number of alkyl halides is 6. The molecule has 0 radical (unpaired) electrons. The van der Waals surface area contributed by atoms with Gasteiger partial charge in [0.1, 0.15) is 5.65 Å². The van der Waals surface area contributed by atoms with Gasteiger partial charge in [0, 0.05) is 35.1 Å². The van der Waals surface area contributed by atoms with Crippen molar-refractivity contribution < 1.29 is 26.3 Å². The van der Waals surface area contributed by atoms with Gasteiger partial charge in [-0.15, -0.1) is 0 Å². The molecular formula is C36H45F6N5. The van der Waals surface area contributed by atoms with Crippen molar-refractivity contribution in [3.8, 4) is 11.1 Å². The zero-order valence-corrected chi connectivity index (χ0v) is 27.6. The molecule has 1 fully saturated rings. The molecule has 11 heteroatoms. The van der Waals surface area contributed by atoms with Crippen LogP contribution in [0.25, 0.3) is 22.2 Å². The van der Waals surface area contributed by atoms with E-state index in [0.29, 0.717) is 17.8 Å². The smallest absolute Gasteiger partial charge is 0.329 e. The third kappa shape index (κ3) is 9.49. The fourth-order valence-electron chi connectivity index (χ4n) is 5.95. The fraction of sp³-hybridized carbons (Fsp3) is 0.500. The van der Waals surface area contributed by atoms with Crippen molar-refractivity contribution in [2.24, 2.45) is 0 Å². The molecule has 5 rings (SSSR count). The Hall–Kier alpha value is -3.60. The van der Waals surface area contributed by atoms with Gasteiger partial charge in [-0.05, 0) is 74.6 Å². The summed E-state index contributed by atoms with van der Waals surface area (Å²) >= 11 is 0. The normalized spacial score (nSPS) is 14.4. The number of nitrogens with one attached hydrogen (secondary N) is 1. The van der Waals surface area contributed by atoms with Crippen molar-refractivity contribution in [3.63, 3.8) is 0 Å². The van der Waals surface area contributed by atoms with E-state index in [2.05, 4.69) is 64.6 Å². The Bertz CT molecular complexity index is 1530. The van der Waals surface area contributed by atoms with Crippen molar-refractivity contribution in [3.05, 3.63) is 71.5 Å². The SMILES string of the molecule is CCCCN(CC)CC.CCc1ccc(-c2cn(C3CCCCC3)c3nc(Nc4cc(C(F)(F)F)cc(C(F)(F)F)c4)ncc23)cc1. The second-order valence-corrected chi connectivity index (χ2v) is 12.0. The molecule has 0 spiro atoms. The van der Waals surface area contributed by atoms with Gasteiger partial charge in [0.2, 0.25) is 5.95 Å². The van der Waals surface area contributed by atoms with Crippen LogP contribution in [0.1, 0.15) is 95.4 Å². The first-order valence-corrected chi connectivity index (χ1v) is 16.6. The predicted molar refractivity (Wildman–Crippen MR) is 177 cm³/mol. The molecule has 256 valence electrons. The van der Waals surface area contributed by atoms with Gasteiger partial charge in [-0.1, -0.05) is 77.6 Å². The van der Waals surface area contributed by atoms with Gasteiger partial charge >= 0.3 is 12.4 Å². The average Bonchev–Trinajstić information content (AvgIpc) is 3.44. The Labute approximate surface area is 273 Å². The van der Waals surface area contributed by atoms with Crippen LogP contribution in [0.2, 0.25) is 0 Å². The summed E-state index contributed by atoms with van der Waals surface area (Å²) in [6.45, 7) is 12.5. The van der Waals surface area contributed by atoms with Crippen LogP contribution < -0.4 is 5.32 Å². The van der Waals surface area contributed by atoms with Crippen LogP contribution >= 0.6 is 0 Å². The molecule has 2 heterocycles. The molecule has 1 N–H and O–H groups in total. The molecule has 4 aromatic rings. The summed E-state index contributed by atoms with van der Waals surface area (Å²) in [5.74, 6) is -0.0759. The third-order valence-corrected chi connectivity index (χ3v) is 8.78. The molecule has 47 heavy (non-hydrogen) atoms. The molecule has 2 aromatic heterocycles. The maximum absolute atomic E-state index is 13.3. The first-order chi connectivity index (χ1) is 22.4. The largest absolute Gasteiger partial charge is 0.416 e. The lowest BCUT2D eigenvalue weighted by atomic mass is 9.95. The van der Waals surface area contributed by atoms with Gasteiger partial charge in [0.25, 0.3) is 0 Å². The Balaban J connectivity index is 0.000000488. The van der Waals surface area contributed by atoms with E-state index in [1.165, 1.54) is 38.0 Å². The standard InChI is InChI=1S/C28H26F6N4.C8H19N/c1-2-17-8-10-18(11-9-17)24-16-38(22-6-4-3-5-7-22)25-23(24)15-35-26(37-25)36-21-13-19(27(29,30)31)12-20(14-21)28(32,33)34;1-4-7-8-9(5-2)6-3/h8-16,22H,2-7H2,1H3,(H,35,36,37);4-8H2,1-3H3. The number of hydrogen-bond donors (Lipinski definition) is 1. The van der Waals surface area contributed by atoms with Crippen LogP contribution in [0, 0.1) is 0 Å². The van der Waals surface area contributed by atoms with E-state index < -0.39 is 29.2 Å². The minimum atomic E-state index is -4.94. The molecular weight excluding hydrogens is 616 g/mol. The average molecular weight is 662 g/mol. The van der Waals surface area contributed by atoms with Crippen molar-refractivity contribution in [2.45, 2.75) is 97.5 Å². The highest BCUT2D eigenvalue weighted by Crippen LogP contribution is 2.39. The van der Waals surface area contributed by atoms with E-state index in [1.807, 2.05) is 18.3 Å². The Morgan fingerprint density at radius 3 is 2.00 bits per heavy atom. The number of fused-ring (bicyclic) bond motifs is 1. The highest BCUT2D eigenvalue weighted by atomic mass is 19.4. The second-order valence-electron chi connectivity index (χ2n) is 12.0. The summed E-state index contributed by atoms with van der Waals surface area (Å²) in [6.07, 6.45) is 2.53. The molecule has 0 unspecified atom stereocenters. The van der Waals surface area contributed by atoms with Gasteiger partial charge in [-0.2, -0.15) is 31.3 Å². The molecule has 0 atom stereocenters. The maximum Gasteiger partial charge on any atom is 0.416 e. The van der Waals surface area contributed by atoms with Crippen LogP contribution in [0.3, 0.4) is 0 Å². The van der Waals surface area contributed by atoms with Gasteiger partial charge in [-0.25, -0.2) is 4.98 Å². The van der Waals surface area contributed by atoms with Crippen molar-refractivity contribution >= 4 is 22.7 Å². The van der Waals surface area contributed by atoms with Crippen LogP contribution in [0.4, 0.5) is 38.0 Å². The first-order valence-electron chi connectivity index (χ1n) is 16.6. The lowest BCUT2D eigenvalue weighted by Crippen LogP contribution is -2.23. The number of hydrogen-bond acceptors (Lipinski definition) is 4. The Kier molecular flexibility index (Phi) is 12.3. The Morgan fingerprint density at radius 2 is 1.47 bits per heavy atom. The van der Waals surface area contributed by atoms with E-state index in [0.717, 1.165) is 55.0 Å². The van der Waals surface area contributed by atoms with E-state index >= 15 is 0 Å². The van der Waals surface area contributed by atoms with Gasteiger partial charge in [0.05, 0.1) is 11.1 Å². The summed E-state index contributed by atoms with van der Waals surface area (Å²) in [7, 11) is 0. The molecule has 0 aliphatic heterocycles. The molecule has 1 saturated carbocycles. The summed E-state index contributed by atoms with van der Waals surface area (Å²) in [5, 5.41) is 3.35. The minimum absolute atomic E-state index is 0.0759. The number of nitrogens with zero attached hydrogens (tertiary/aromatic N) is 4. The summed E-state index contributed by atoms with van der Waals surface area (Å²) in [4.78, 5) is 11.3. The topological polar surface area (TPSA) is 46.0 Å². The lowest BCUT2D eigenvalue weighted by Gasteiger charge is -2.23. The highest BCUT2D eigenvalue weighted by molar-refractivity contribution is 5.94. The number of aromatic nitrogens is 3. The quantitative estimate of drug-likeness (QED) is 0.172. The third-order valence-electron chi connectivity index (χ3n) is 8.78. The number of unbranched alkanes of at least 4 members (excludes halogenated alkanes) is 1. The summed E-state index contributed by atoms with van der Waals surface area (Å²) < 4.78 is 82.0. The summed E-state index contributed by atoms with van der Waals surface area (Å²) in [6, 6.07) is 9.73. The van der Waals surface area contributed by atoms with Gasteiger partial charge in [-0.3, -0.25) is 0 Å². The highest BCUT2D eigenvalue weighted by Gasteiger charge is 2.37. The number of benzene rings is 2. The van der Waals surface area contributed by atoms with Crippen LogP contribution in [-0.4, -0.2) is 39.1 Å². The fourth-order valence-corrected chi connectivity index (χ4v) is 5.95. The minimum Gasteiger partial charge on any atom is -0.329 e. The van der Waals surface area contributed by atoms with Gasteiger partial charge < -0.3 is 14.8 Å². The molecule has 1 aliphatic carbocycles. The molecule has 5 nitrogen and oxygen atoms in total. The number of halogens is 6. The lowest BCUT2D eigenvalue weighted by molar-refractivity contribution is -0.143. The van der Waals surface area contributed by atoms with E-state index in [4.69, 9.17) is 0 Å². The molecule has 2 aromatic carbocycles. The first kappa shape index (κ1) is 36.2. The second kappa shape index (κ2) is 16.0. The van der Waals surface area contributed by atoms with E-state index in [1.54, 1.807) is 6.20 Å². The van der Waals surface area contributed by atoms with E-state index in [9.17, 15) is 26.3 Å².